The van der Waals surface area contributed by atoms with Crippen LogP contribution in [0.5, 0.6) is 0 Å². The molecule has 0 radical (unpaired) electrons. The number of amides is 1. The van der Waals surface area contributed by atoms with Crippen molar-refractivity contribution < 1.29 is 9.21 Å². The lowest BCUT2D eigenvalue weighted by atomic mass is 10.3. The minimum absolute atomic E-state index is 0.178. The molecule has 2 N–H and O–H groups in total. The number of furan rings is 1. The minimum Gasteiger partial charge on any atom is -0.459 e. The second kappa shape index (κ2) is 6.17. The summed E-state index contributed by atoms with van der Waals surface area (Å²) in [7, 11) is 0. The molecular formula is C14H11ClN4O2S. The molecule has 3 aromatic rings. The number of carbonyl (C=O) groups is 1. The maximum Gasteiger partial charge on any atom is 0.287 e. The zero-order chi connectivity index (χ0) is 15.5. The number of nitrogens with one attached hydrogen (secondary N) is 2. The van der Waals surface area contributed by atoms with E-state index in [4.69, 9.17) is 28.2 Å². The second-order valence-corrected chi connectivity index (χ2v) is 5.19. The fraction of sp³-hybridized carbons (Fsp3) is 0.0714. The normalized spacial score (nSPS) is 10.6. The van der Waals surface area contributed by atoms with Gasteiger partial charge in [-0.05, 0) is 36.5 Å². The van der Waals surface area contributed by atoms with Crippen molar-refractivity contribution in [3.63, 3.8) is 0 Å². The van der Waals surface area contributed by atoms with Gasteiger partial charge in [-0.3, -0.25) is 14.5 Å². The molecule has 2 aromatic heterocycles. The van der Waals surface area contributed by atoms with Gasteiger partial charge in [0.15, 0.2) is 16.4 Å². The van der Waals surface area contributed by atoms with E-state index in [0.29, 0.717) is 21.3 Å². The number of benzene rings is 1. The van der Waals surface area contributed by atoms with Crippen molar-refractivity contribution in [2.75, 3.05) is 0 Å². The summed E-state index contributed by atoms with van der Waals surface area (Å²) >= 11 is 11.4. The van der Waals surface area contributed by atoms with Crippen molar-refractivity contribution in [3.8, 4) is 5.69 Å². The molecule has 1 aromatic carbocycles. The van der Waals surface area contributed by atoms with E-state index in [1.165, 1.54) is 6.26 Å². The smallest absolute Gasteiger partial charge is 0.287 e. The number of hydrogen-bond acceptors (Lipinski definition) is 4. The Morgan fingerprint density at radius 1 is 1.36 bits per heavy atom. The van der Waals surface area contributed by atoms with Crippen molar-refractivity contribution >= 4 is 29.7 Å². The van der Waals surface area contributed by atoms with E-state index in [9.17, 15) is 4.79 Å². The van der Waals surface area contributed by atoms with E-state index in [1.54, 1.807) is 22.8 Å². The molecule has 1 amide bonds. The fourth-order valence-corrected chi connectivity index (χ4v) is 2.45. The molecule has 3 rings (SSSR count). The van der Waals surface area contributed by atoms with Gasteiger partial charge in [0.25, 0.3) is 5.91 Å². The van der Waals surface area contributed by atoms with Gasteiger partial charge in [0.2, 0.25) is 0 Å². The first kappa shape index (κ1) is 14.6. The highest BCUT2D eigenvalue weighted by atomic mass is 35.5. The van der Waals surface area contributed by atoms with Crippen LogP contribution in [0.15, 0.2) is 47.1 Å². The molecule has 0 saturated carbocycles. The molecule has 6 nitrogen and oxygen atoms in total. The summed E-state index contributed by atoms with van der Waals surface area (Å²) in [4.78, 5) is 11.9. The van der Waals surface area contributed by atoms with Crippen LogP contribution in [0.4, 0.5) is 0 Å². The van der Waals surface area contributed by atoms with Gasteiger partial charge in [0.05, 0.1) is 23.5 Å². The summed E-state index contributed by atoms with van der Waals surface area (Å²) in [5, 5.41) is 10.1. The van der Waals surface area contributed by atoms with E-state index in [-0.39, 0.29) is 18.2 Å². The Hall–Kier alpha value is -2.38. The van der Waals surface area contributed by atoms with Gasteiger partial charge in [-0.15, -0.1) is 0 Å². The Labute approximate surface area is 135 Å². The first-order valence-corrected chi connectivity index (χ1v) is 7.18. The van der Waals surface area contributed by atoms with Gasteiger partial charge in [0.1, 0.15) is 0 Å². The van der Waals surface area contributed by atoms with Crippen LogP contribution >= 0.6 is 23.8 Å². The maximum absolute atomic E-state index is 11.9. The molecule has 0 aliphatic rings. The number of rotatable bonds is 4. The topological polar surface area (TPSA) is 75.8 Å². The van der Waals surface area contributed by atoms with Crippen LogP contribution in [-0.2, 0) is 6.54 Å². The summed E-state index contributed by atoms with van der Waals surface area (Å²) in [6.07, 6.45) is 1.44. The zero-order valence-corrected chi connectivity index (χ0v) is 12.8. The largest absolute Gasteiger partial charge is 0.459 e. The van der Waals surface area contributed by atoms with Gasteiger partial charge >= 0.3 is 0 Å². The van der Waals surface area contributed by atoms with Crippen LogP contribution in [0, 0.1) is 4.77 Å². The molecule has 22 heavy (non-hydrogen) atoms. The summed E-state index contributed by atoms with van der Waals surface area (Å²) in [5.41, 5.74) is 0.699. The SMILES string of the molecule is O=C(NCc1n[nH]c(=S)n1-c1ccccc1Cl)c1ccco1. The first-order chi connectivity index (χ1) is 10.7. The Kier molecular flexibility index (Phi) is 4.08. The molecule has 0 atom stereocenters. The van der Waals surface area contributed by atoms with E-state index in [0.717, 1.165) is 0 Å². The number of nitrogens with zero attached hydrogens (tertiary/aromatic N) is 2. The molecular weight excluding hydrogens is 324 g/mol. The Bertz CT molecular complexity index is 854. The molecule has 0 spiro atoms. The molecule has 0 unspecified atom stereocenters. The van der Waals surface area contributed by atoms with Gasteiger partial charge in [-0.2, -0.15) is 5.10 Å². The number of aromatic nitrogens is 3. The number of hydrogen-bond donors (Lipinski definition) is 2. The summed E-state index contributed by atoms with van der Waals surface area (Å²) < 4.78 is 7.11. The first-order valence-electron chi connectivity index (χ1n) is 6.39. The Morgan fingerprint density at radius 2 is 2.18 bits per heavy atom. The minimum atomic E-state index is -0.329. The third-order valence-electron chi connectivity index (χ3n) is 2.99. The predicted molar refractivity (Wildman–Crippen MR) is 83.6 cm³/mol. The van der Waals surface area contributed by atoms with Crippen molar-refractivity contribution in [1.29, 1.82) is 0 Å². The zero-order valence-electron chi connectivity index (χ0n) is 11.2. The van der Waals surface area contributed by atoms with Crippen molar-refractivity contribution in [1.82, 2.24) is 20.1 Å². The Balaban J connectivity index is 1.86. The van der Waals surface area contributed by atoms with Crippen molar-refractivity contribution in [2.24, 2.45) is 0 Å². The summed E-state index contributed by atoms with van der Waals surface area (Å²) in [6.45, 7) is 0.178. The van der Waals surface area contributed by atoms with Gasteiger partial charge in [-0.1, -0.05) is 23.7 Å². The predicted octanol–water partition coefficient (Wildman–Crippen LogP) is 3.11. The van der Waals surface area contributed by atoms with E-state index < -0.39 is 0 Å². The van der Waals surface area contributed by atoms with Gasteiger partial charge in [-0.25, -0.2) is 0 Å². The number of H-pyrrole nitrogens is 1. The molecule has 0 saturated heterocycles. The average molecular weight is 335 g/mol. The van der Waals surface area contributed by atoms with Crippen LogP contribution in [0.3, 0.4) is 0 Å². The molecule has 112 valence electrons. The van der Waals surface area contributed by atoms with Crippen molar-refractivity contribution in [3.05, 3.63) is 64.0 Å². The molecule has 0 aliphatic heterocycles. The van der Waals surface area contributed by atoms with Crippen LogP contribution in [0.2, 0.25) is 5.02 Å². The number of carbonyl (C=O) groups excluding carboxylic acids is 1. The highest BCUT2D eigenvalue weighted by Crippen LogP contribution is 2.21. The lowest BCUT2D eigenvalue weighted by Gasteiger charge is -2.09. The number of para-hydroxylation sites is 1. The number of aromatic amines is 1. The number of halogens is 1. The van der Waals surface area contributed by atoms with Gasteiger partial charge in [0, 0.05) is 0 Å². The van der Waals surface area contributed by atoms with Crippen LogP contribution in [-0.4, -0.2) is 20.7 Å². The third-order valence-corrected chi connectivity index (χ3v) is 3.58. The quantitative estimate of drug-likeness (QED) is 0.719. The molecule has 0 bridgehead atoms. The highest BCUT2D eigenvalue weighted by molar-refractivity contribution is 7.71. The van der Waals surface area contributed by atoms with Crippen LogP contribution < -0.4 is 5.32 Å². The fourth-order valence-electron chi connectivity index (χ4n) is 1.98. The maximum atomic E-state index is 11.9. The third kappa shape index (κ3) is 2.81. The molecule has 2 heterocycles. The van der Waals surface area contributed by atoms with Crippen LogP contribution in [0.1, 0.15) is 16.4 Å². The highest BCUT2D eigenvalue weighted by Gasteiger charge is 2.13. The standard InChI is InChI=1S/C14H11ClN4O2S/c15-9-4-1-2-5-10(9)19-12(17-18-14(19)22)8-16-13(20)11-6-3-7-21-11/h1-7H,8H2,(H,16,20)(H,18,22). The Morgan fingerprint density at radius 3 is 2.91 bits per heavy atom. The lowest BCUT2D eigenvalue weighted by Crippen LogP contribution is -2.24. The molecule has 0 aliphatic carbocycles. The van der Waals surface area contributed by atoms with E-state index >= 15 is 0 Å². The molecule has 0 fully saturated rings. The second-order valence-electron chi connectivity index (χ2n) is 4.39. The monoisotopic (exact) mass is 334 g/mol. The average Bonchev–Trinajstić information content (AvgIpc) is 3.16. The van der Waals surface area contributed by atoms with Crippen molar-refractivity contribution in [2.45, 2.75) is 6.54 Å². The lowest BCUT2D eigenvalue weighted by molar-refractivity contribution is 0.0922. The van der Waals surface area contributed by atoms with Crippen LogP contribution in [0.25, 0.3) is 5.69 Å². The van der Waals surface area contributed by atoms with Gasteiger partial charge < -0.3 is 9.73 Å². The van der Waals surface area contributed by atoms with E-state index in [1.807, 2.05) is 18.2 Å². The summed E-state index contributed by atoms with van der Waals surface area (Å²) in [6, 6.07) is 10.5. The molecule has 8 heteroatoms. The van der Waals surface area contributed by atoms with E-state index in [2.05, 4.69) is 15.5 Å². The summed E-state index contributed by atoms with van der Waals surface area (Å²) in [5.74, 6) is 0.445.